The lowest BCUT2D eigenvalue weighted by atomic mass is 10.1. The van der Waals surface area contributed by atoms with Gasteiger partial charge in [0.15, 0.2) is 0 Å². The van der Waals surface area contributed by atoms with Crippen LogP contribution in [0.3, 0.4) is 0 Å². The van der Waals surface area contributed by atoms with E-state index in [0.29, 0.717) is 23.4 Å². The highest BCUT2D eigenvalue weighted by Gasteiger charge is 2.13. The van der Waals surface area contributed by atoms with Crippen molar-refractivity contribution in [1.82, 2.24) is 9.78 Å². The van der Waals surface area contributed by atoms with E-state index in [1.54, 1.807) is 24.3 Å². The SMILES string of the molecule is CC(C)Cn1nc(-c2ccc(C[SH](=O)=O)cc2)cc(COS(C)(=O)=O)c1=O. The molecule has 0 N–H and O–H groups in total. The summed E-state index contributed by atoms with van der Waals surface area (Å²) in [5.74, 6) is 0.105. The molecule has 10 heteroatoms. The van der Waals surface area contributed by atoms with Gasteiger partial charge in [-0.1, -0.05) is 38.1 Å². The smallest absolute Gasteiger partial charge is 0.267 e. The van der Waals surface area contributed by atoms with Gasteiger partial charge in [-0.3, -0.25) is 8.98 Å². The summed E-state index contributed by atoms with van der Waals surface area (Å²) in [6.45, 7) is 3.87. The third kappa shape index (κ3) is 6.56. The molecule has 0 saturated carbocycles. The maximum Gasteiger partial charge on any atom is 0.272 e. The van der Waals surface area contributed by atoms with Gasteiger partial charge in [0.05, 0.1) is 24.3 Å². The van der Waals surface area contributed by atoms with Crippen LogP contribution in [0.15, 0.2) is 35.1 Å². The van der Waals surface area contributed by atoms with Gasteiger partial charge in [0, 0.05) is 17.7 Å². The molecule has 0 spiro atoms. The predicted octanol–water partition coefficient (Wildman–Crippen LogP) is 1.15. The molecule has 0 saturated heterocycles. The zero-order valence-electron chi connectivity index (χ0n) is 15.3. The van der Waals surface area contributed by atoms with E-state index in [1.165, 1.54) is 10.7 Å². The van der Waals surface area contributed by atoms with Crippen LogP contribution < -0.4 is 5.56 Å². The standard InChI is InChI=1S/C17H22N2O6S2/c1-12(2)9-19-17(20)15(10-25-27(3,23)24)8-16(18-19)14-6-4-13(5-7-14)11-26(21)22/h4-8,12,26H,9-11H2,1-3H3. The Bertz CT molecular complexity index is 1030. The molecule has 148 valence electrons. The molecular formula is C17H22N2O6S2. The molecule has 27 heavy (non-hydrogen) atoms. The summed E-state index contributed by atoms with van der Waals surface area (Å²) < 4.78 is 50.3. The summed E-state index contributed by atoms with van der Waals surface area (Å²) >= 11 is 0. The Balaban J connectivity index is 2.46. The van der Waals surface area contributed by atoms with E-state index in [9.17, 15) is 21.6 Å². The van der Waals surface area contributed by atoms with Crippen LogP contribution in [0.5, 0.6) is 0 Å². The van der Waals surface area contributed by atoms with E-state index >= 15 is 0 Å². The summed E-state index contributed by atoms with van der Waals surface area (Å²) in [4.78, 5) is 12.5. The molecule has 1 aromatic carbocycles. The fourth-order valence-electron chi connectivity index (χ4n) is 2.41. The van der Waals surface area contributed by atoms with Crippen molar-refractivity contribution in [2.24, 2.45) is 5.92 Å². The Labute approximate surface area is 159 Å². The van der Waals surface area contributed by atoms with Gasteiger partial charge in [0.2, 0.25) is 0 Å². The second-order valence-electron chi connectivity index (χ2n) is 6.59. The van der Waals surface area contributed by atoms with Crippen LogP contribution in [-0.4, -0.2) is 32.9 Å². The fourth-order valence-corrected chi connectivity index (χ4v) is 3.26. The normalized spacial score (nSPS) is 12.0. The van der Waals surface area contributed by atoms with Crippen LogP contribution in [-0.2, 0) is 43.9 Å². The van der Waals surface area contributed by atoms with Crippen molar-refractivity contribution >= 4 is 20.8 Å². The maximum absolute atomic E-state index is 12.5. The lowest BCUT2D eigenvalue weighted by Crippen LogP contribution is -2.29. The number of rotatable bonds is 8. The molecule has 0 radical (unpaired) electrons. The fraction of sp³-hybridized carbons (Fsp3) is 0.412. The van der Waals surface area contributed by atoms with Crippen molar-refractivity contribution in [3.8, 4) is 11.3 Å². The van der Waals surface area contributed by atoms with Gasteiger partial charge >= 0.3 is 0 Å². The average molecular weight is 415 g/mol. The molecule has 1 heterocycles. The molecule has 0 amide bonds. The molecule has 1 aromatic heterocycles. The molecule has 0 aliphatic heterocycles. The molecule has 8 nitrogen and oxygen atoms in total. The lowest BCUT2D eigenvalue weighted by molar-refractivity contribution is 0.307. The molecule has 0 fully saturated rings. The largest absolute Gasteiger partial charge is 0.272 e. The predicted molar refractivity (Wildman–Crippen MR) is 102 cm³/mol. The second kappa shape index (κ2) is 8.77. The number of nitrogens with zero attached hydrogens (tertiary/aromatic N) is 2. The molecule has 0 bridgehead atoms. The van der Waals surface area contributed by atoms with Gasteiger partial charge in [-0.15, -0.1) is 0 Å². The van der Waals surface area contributed by atoms with Gasteiger partial charge in [0.1, 0.15) is 10.7 Å². The summed E-state index contributed by atoms with van der Waals surface area (Å²) in [6, 6.07) is 8.26. The second-order valence-corrected chi connectivity index (χ2v) is 9.22. The summed E-state index contributed by atoms with van der Waals surface area (Å²) in [7, 11) is -6.21. The highest BCUT2D eigenvalue weighted by atomic mass is 32.2. The zero-order chi connectivity index (χ0) is 20.2. The Morgan fingerprint density at radius 3 is 2.33 bits per heavy atom. The number of hydrogen-bond donors (Lipinski definition) is 1. The maximum atomic E-state index is 12.5. The van der Waals surface area contributed by atoms with Crippen LogP contribution in [0.1, 0.15) is 25.0 Å². The lowest BCUT2D eigenvalue weighted by Gasteiger charge is -2.12. The number of aromatic nitrogens is 2. The number of benzene rings is 1. The van der Waals surface area contributed by atoms with Crippen molar-refractivity contribution in [2.75, 3.05) is 6.26 Å². The molecule has 2 aromatic rings. The molecule has 2 rings (SSSR count). The highest BCUT2D eigenvalue weighted by molar-refractivity contribution is 7.85. The van der Waals surface area contributed by atoms with Crippen LogP contribution in [0, 0.1) is 5.92 Å². The Kier molecular flexibility index (Phi) is 6.90. The summed E-state index contributed by atoms with van der Waals surface area (Å²) in [6.07, 6.45) is 0.918. The van der Waals surface area contributed by atoms with Gasteiger partial charge in [-0.25, -0.2) is 13.1 Å². The van der Waals surface area contributed by atoms with Crippen LogP contribution >= 0.6 is 0 Å². The first-order valence-electron chi connectivity index (χ1n) is 8.21. The molecular weight excluding hydrogens is 392 g/mol. The molecule has 0 aliphatic carbocycles. The van der Waals surface area contributed by atoms with Crippen LogP contribution in [0.25, 0.3) is 11.3 Å². The van der Waals surface area contributed by atoms with Gasteiger partial charge in [-0.05, 0) is 17.5 Å². The van der Waals surface area contributed by atoms with Crippen LogP contribution in [0.2, 0.25) is 0 Å². The zero-order valence-corrected chi connectivity index (χ0v) is 17.0. The van der Waals surface area contributed by atoms with E-state index in [1.807, 2.05) is 13.8 Å². The Morgan fingerprint density at radius 1 is 1.19 bits per heavy atom. The van der Waals surface area contributed by atoms with Gasteiger partial charge in [-0.2, -0.15) is 13.5 Å². The van der Waals surface area contributed by atoms with Crippen LogP contribution in [0.4, 0.5) is 0 Å². The quantitative estimate of drug-likeness (QED) is 0.509. The van der Waals surface area contributed by atoms with Crippen molar-refractivity contribution in [3.63, 3.8) is 0 Å². The third-order valence-corrected chi connectivity index (χ3v) is 4.75. The Hall–Kier alpha value is -2.04. The molecule has 0 aliphatic rings. The van der Waals surface area contributed by atoms with E-state index in [0.717, 1.165) is 6.26 Å². The molecule has 0 atom stereocenters. The van der Waals surface area contributed by atoms with Gasteiger partial charge < -0.3 is 0 Å². The topological polar surface area (TPSA) is 112 Å². The van der Waals surface area contributed by atoms with Gasteiger partial charge in [0.25, 0.3) is 15.7 Å². The highest BCUT2D eigenvalue weighted by Crippen LogP contribution is 2.18. The average Bonchev–Trinajstić information content (AvgIpc) is 2.54. The number of thiol groups is 1. The monoisotopic (exact) mass is 414 g/mol. The first-order chi connectivity index (χ1) is 12.5. The summed E-state index contributed by atoms with van der Waals surface area (Å²) in [5.41, 5.74) is 1.57. The van der Waals surface area contributed by atoms with Crippen molar-refractivity contribution in [2.45, 2.75) is 32.8 Å². The Morgan fingerprint density at radius 2 is 1.81 bits per heavy atom. The van der Waals surface area contributed by atoms with E-state index in [2.05, 4.69) is 5.10 Å². The third-order valence-electron chi connectivity index (χ3n) is 3.58. The molecule has 0 unspecified atom stereocenters. The first-order valence-corrected chi connectivity index (χ1v) is 11.4. The van der Waals surface area contributed by atoms with Crippen molar-refractivity contribution in [3.05, 3.63) is 51.8 Å². The minimum Gasteiger partial charge on any atom is -0.267 e. The minimum atomic E-state index is -3.70. The summed E-state index contributed by atoms with van der Waals surface area (Å²) in [5, 5.41) is 4.36. The van der Waals surface area contributed by atoms with Crippen molar-refractivity contribution < 1.29 is 21.0 Å². The van der Waals surface area contributed by atoms with Crippen molar-refractivity contribution in [1.29, 1.82) is 0 Å². The van der Waals surface area contributed by atoms with E-state index < -0.39 is 26.4 Å². The van der Waals surface area contributed by atoms with E-state index in [-0.39, 0.29) is 23.8 Å². The number of hydrogen-bond acceptors (Lipinski definition) is 7. The van der Waals surface area contributed by atoms with E-state index in [4.69, 9.17) is 4.18 Å². The minimum absolute atomic E-state index is 0.0522. The first kappa shape index (κ1) is 21.3.